The Kier molecular flexibility index (Phi) is 9.19. The number of pyridine rings is 1. The summed E-state index contributed by atoms with van der Waals surface area (Å²) in [4.78, 5) is 21.3. The van der Waals surface area contributed by atoms with Crippen molar-refractivity contribution in [3.8, 4) is 12.1 Å². The fraction of sp³-hybridized carbons (Fsp3) is 0.481. The Bertz CT molecular complexity index is 1160. The molecular formula is C27H34N6O2S. The van der Waals surface area contributed by atoms with Crippen molar-refractivity contribution in [1.29, 1.82) is 10.5 Å². The van der Waals surface area contributed by atoms with Gasteiger partial charge in [-0.15, -0.1) is 11.8 Å². The number of hydrogen-bond donors (Lipinski definition) is 1. The van der Waals surface area contributed by atoms with Crippen LogP contribution in [0.3, 0.4) is 0 Å². The normalized spacial score (nSPS) is 14.5. The molecule has 8 nitrogen and oxygen atoms in total. The first-order valence-corrected chi connectivity index (χ1v) is 13.2. The number of ether oxygens (including phenoxy) is 1. The summed E-state index contributed by atoms with van der Waals surface area (Å²) < 4.78 is 5.30. The van der Waals surface area contributed by atoms with Crippen molar-refractivity contribution < 1.29 is 9.53 Å². The van der Waals surface area contributed by atoms with Gasteiger partial charge in [0.05, 0.1) is 11.1 Å². The molecule has 1 amide bonds. The van der Waals surface area contributed by atoms with Crippen LogP contribution in [0.25, 0.3) is 0 Å². The molecule has 36 heavy (non-hydrogen) atoms. The van der Waals surface area contributed by atoms with Crippen molar-refractivity contribution in [2.24, 2.45) is 0 Å². The number of carbonyl (C=O) groups is 1. The van der Waals surface area contributed by atoms with Crippen LogP contribution in [-0.2, 0) is 16.9 Å². The van der Waals surface area contributed by atoms with E-state index in [0.717, 1.165) is 43.7 Å². The first-order chi connectivity index (χ1) is 17.1. The second-order valence-corrected chi connectivity index (χ2v) is 10.8. The molecule has 0 aliphatic carbocycles. The number of aromatic nitrogens is 1. The van der Waals surface area contributed by atoms with Gasteiger partial charge in [-0.2, -0.15) is 10.5 Å². The van der Waals surface area contributed by atoms with Crippen LogP contribution in [0.15, 0.2) is 29.3 Å². The van der Waals surface area contributed by atoms with Gasteiger partial charge in [0, 0.05) is 31.1 Å². The maximum Gasteiger partial charge on any atom is 0.412 e. The lowest BCUT2D eigenvalue weighted by Crippen LogP contribution is -2.30. The number of thioether (sulfide) groups is 1. The molecule has 0 radical (unpaired) electrons. The van der Waals surface area contributed by atoms with Gasteiger partial charge in [0.25, 0.3) is 0 Å². The summed E-state index contributed by atoms with van der Waals surface area (Å²) in [7, 11) is 2.11. The smallest absolute Gasteiger partial charge is 0.412 e. The van der Waals surface area contributed by atoms with Gasteiger partial charge >= 0.3 is 6.09 Å². The number of amides is 1. The molecule has 1 saturated heterocycles. The van der Waals surface area contributed by atoms with Crippen LogP contribution in [0.4, 0.5) is 16.3 Å². The summed E-state index contributed by atoms with van der Waals surface area (Å²) in [6.45, 7) is 11.0. The molecule has 0 saturated carbocycles. The SMILES string of the molecule is CCc1c(C#N)c(SCc2ccc(NC(=O)OC(C)(C)C)cc2)nc(N2CCCN(C)CC2)c1C#N. The molecular weight excluding hydrogens is 472 g/mol. The van der Waals surface area contributed by atoms with Gasteiger partial charge < -0.3 is 14.5 Å². The first kappa shape index (κ1) is 27.3. The van der Waals surface area contributed by atoms with Crippen LogP contribution in [0.5, 0.6) is 0 Å². The fourth-order valence-electron chi connectivity index (χ4n) is 4.03. The van der Waals surface area contributed by atoms with E-state index in [4.69, 9.17) is 9.72 Å². The molecule has 2 heterocycles. The Hall–Kier alpha value is -3.27. The Morgan fingerprint density at radius 3 is 2.42 bits per heavy atom. The molecule has 0 atom stereocenters. The van der Waals surface area contributed by atoms with Crippen LogP contribution in [0.1, 0.15) is 56.4 Å². The van der Waals surface area contributed by atoms with E-state index in [0.29, 0.717) is 39.8 Å². The number of benzene rings is 1. The van der Waals surface area contributed by atoms with Crippen molar-refractivity contribution in [3.63, 3.8) is 0 Å². The molecule has 1 N–H and O–H groups in total. The number of nitrogens with zero attached hydrogens (tertiary/aromatic N) is 5. The van der Waals surface area contributed by atoms with E-state index in [-0.39, 0.29) is 0 Å². The van der Waals surface area contributed by atoms with Crippen LogP contribution < -0.4 is 10.2 Å². The average molecular weight is 507 g/mol. The highest BCUT2D eigenvalue weighted by atomic mass is 32.2. The Morgan fingerprint density at radius 2 is 1.81 bits per heavy atom. The van der Waals surface area contributed by atoms with Gasteiger partial charge in [-0.1, -0.05) is 19.1 Å². The van der Waals surface area contributed by atoms with Gasteiger partial charge in [-0.05, 0) is 70.5 Å². The predicted octanol–water partition coefficient (Wildman–Crippen LogP) is 5.17. The van der Waals surface area contributed by atoms with Gasteiger partial charge in [0.1, 0.15) is 28.6 Å². The minimum Gasteiger partial charge on any atom is -0.444 e. The molecule has 1 aliphatic heterocycles. The molecule has 1 fully saturated rings. The average Bonchev–Trinajstić information content (AvgIpc) is 3.05. The third-order valence-electron chi connectivity index (χ3n) is 5.82. The van der Waals surface area contributed by atoms with Crippen LogP contribution >= 0.6 is 11.8 Å². The van der Waals surface area contributed by atoms with Crippen molar-refractivity contribution >= 4 is 29.4 Å². The zero-order valence-corrected chi connectivity index (χ0v) is 22.5. The predicted molar refractivity (Wildman–Crippen MR) is 143 cm³/mol. The zero-order chi connectivity index (χ0) is 26.3. The lowest BCUT2D eigenvalue weighted by molar-refractivity contribution is 0.0636. The third kappa shape index (κ3) is 7.13. The molecule has 1 aliphatic rings. The molecule has 0 bridgehead atoms. The highest BCUT2D eigenvalue weighted by molar-refractivity contribution is 7.98. The molecule has 9 heteroatoms. The second-order valence-electron chi connectivity index (χ2n) is 9.80. The van der Waals surface area contributed by atoms with Gasteiger partial charge in [-0.25, -0.2) is 9.78 Å². The first-order valence-electron chi connectivity index (χ1n) is 12.2. The molecule has 3 rings (SSSR count). The van der Waals surface area contributed by atoms with E-state index in [1.54, 1.807) is 0 Å². The van der Waals surface area contributed by atoms with Gasteiger partial charge in [0.15, 0.2) is 0 Å². The van der Waals surface area contributed by atoms with Crippen molar-refractivity contribution in [2.75, 3.05) is 43.4 Å². The van der Waals surface area contributed by atoms with E-state index < -0.39 is 11.7 Å². The number of nitriles is 2. The van der Waals surface area contributed by atoms with Crippen LogP contribution in [-0.4, -0.2) is 54.8 Å². The van der Waals surface area contributed by atoms with E-state index in [1.807, 2.05) is 52.0 Å². The zero-order valence-electron chi connectivity index (χ0n) is 21.7. The molecule has 190 valence electrons. The van der Waals surface area contributed by atoms with E-state index in [2.05, 4.69) is 34.3 Å². The Labute approximate surface area is 218 Å². The lowest BCUT2D eigenvalue weighted by atomic mass is 10.0. The molecule has 1 aromatic carbocycles. The summed E-state index contributed by atoms with van der Waals surface area (Å²) in [5.41, 5.74) is 2.88. The molecule has 0 unspecified atom stereocenters. The summed E-state index contributed by atoms with van der Waals surface area (Å²) in [6.07, 6.45) is 1.09. The largest absolute Gasteiger partial charge is 0.444 e. The lowest BCUT2D eigenvalue weighted by Gasteiger charge is -2.25. The monoisotopic (exact) mass is 506 g/mol. The van der Waals surface area contributed by atoms with Crippen molar-refractivity contribution in [2.45, 2.75) is 56.9 Å². The summed E-state index contributed by atoms with van der Waals surface area (Å²) in [6, 6.07) is 12.2. The van der Waals surface area contributed by atoms with E-state index >= 15 is 0 Å². The summed E-state index contributed by atoms with van der Waals surface area (Å²) >= 11 is 1.49. The number of rotatable bonds is 6. The standard InChI is InChI=1S/C27H34N6O2S/c1-6-21-22(16-28)24(33-13-7-12-32(5)14-15-33)31-25(23(21)17-29)36-18-19-8-10-20(11-9-19)30-26(34)35-27(2,3)4/h8-11H,6-7,12-15,18H2,1-5H3,(H,30,34). The topological polar surface area (TPSA) is 105 Å². The quantitative estimate of drug-likeness (QED) is 0.535. The van der Waals surface area contributed by atoms with Crippen molar-refractivity contribution in [1.82, 2.24) is 9.88 Å². The minimum atomic E-state index is -0.563. The Morgan fingerprint density at radius 1 is 1.11 bits per heavy atom. The highest BCUT2D eigenvalue weighted by Gasteiger charge is 2.24. The number of hydrogen-bond acceptors (Lipinski definition) is 8. The molecule has 1 aromatic heterocycles. The number of nitrogens with one attached hydrogen (secondary N) is 1. The van der Waals surface area contributed by atoms with E-state index in [9.17, 15) is 15.3 Å². The van der Waals surface area contributed by atoms with Gasteiger partial charge in [0.2, 0.25) is 0 Å². The maximum absolute atomic E-state index is 12.0. The summed E-state index contributed by atoms with van der Waals surface area (Å²) in [5, 5.41) is 23.3. The second kappa shape index (κ2) is 12.1. The maximum atomic E-state index is 12.0. The van der Waals surface area contributed by atoms with Crippen LogP contribution in [0.2, 0.25) is 0 Å². The minimum absolute atomic E-state index is 0.484. The number of anilines is 2. The molecule has 2 aromatic rings. The van der Waals surface area contributed by atoms with Crippen LogP contribution in [0, 0.1) is 22.7 Å². The Balaban J connectivity index is 1.81. The molecule has 0 spiro atoms. The number of likely N-dealkylation sites (N-methyl/N-ethyl adjacent to an activating group) is 1. The van der Waals surface area contributed by atoms with Gasteiger partial charge in [-0.3, -0.25) is 5.32 Å². The summed E-state index contributed by atoms with van der Waals surface area (Å²) in [5.74, 6) is 1.29. The third-order valence-corrected chi connectivity index (χ3v) is 6.87. The fourth-order valence-corrected chi connectivity index (χ4v) is 4.99. The number of carbonyl (C=O) groups excluding carboxylic acids is 1. The van der Waals surface area contributed by atoms with Crippen molar-refractivity contribution in [3.05, 3.63) is 46.5 Å². The highest BCUT2D eigenvalue weighted by Crippen LogP contribution is 2.34. The van der Waals surface area contributed by atoms with E-state index in [1.165, 1.54) is 11.8 Å².